The first-order valence-electron chi connectivity index (χ1n) is 4.91. The molecule has 17 heavy (non-hydrogen) atoms. The lowest BCUT2D eigenvalue weighted by molar-refractivity contribution is -0.166. The van der Waals surface area contributed by atoms with Gasteiger partial charge < -0.3 is 35.7 Å². The highest BCUT2D eigenvalue weighted by Gasteiger charge is 2.34. The first-order valence-corrected chi connectivity index (χ1v) is 4.91. The van der Waals surface area contributed by atoms with E-state index in [0.717, 1.165) is 0 Å². The van der Waals surface area contributed by atoms with Crippen LogP contribution in [0.2, 0.25) is 0 Å². The summed E-state index contributed by atoms with van der Waals surface area (Å²) in [5.74, 6) is -1.31. The van der Waals surface area contributed by atoms with Gasteiger partial charge in [0.2, 0.25) is 0 Å². The quantitative estimate of drug-likeness (QED) is 0.288. The second-order valence-corrected chi connectivity index (χ2v) is 3.54. The molecule has 100 valence electrons. The summed E-state index contributed by atoms with van der Waals surface area (Å²) in [7, 11) is 0. The van der Waals surface area contributed by atoms with Gasteiger partial charge in [0.15, 0.2) is 6.10 Å². The molecule has 0 radical (unpaired) electrons. The third-order valence-corrected chi connectivity index (χ3v) is 2.16. The topological polar surface area (TPSA) is 150 Å². The molecule has 6 N–H and O–H groups in total. The van der Waals surface area contributed by atoms with E-state index in [9.17, 15) is 19.8 Å². The molecule has 0 aromatic rings. The van der Waals surface area contributed by atoms with Crippen molar-refractivity contribution in [2.45, 2.75) is 37.4 Å². The lowest BCUT2D eigenvalue weighted by atomic mass is 10.0. The molecule has 0 spiro atoms. The highest BCUT2D eigenvalue weighted by Crippen LogP contribution is 2.10. The third kappa shape index (κ3) is 4.75. The minimum atomic E-state index is -1.66. The van der Waals surface area contributed by atoms with Gasteiger partial charge in [0, 0.05) is 0 Å². The van der Waals surface area contributed by atoms with Gasteiger partial charge >= 0.3 is 5.97 Å². The van der Waals surface area contributed by atoms with E-state index in [2.05, 4.69) is 0 Å². The average molecular weight is 251 g/mol. The molecule has 0 amide bonds. The largest absolute Gasteiger partial charge is 0.479 e. The number of carboxylic acid groups (broad SMARTS) is 1. The van der Waals surface area contributed by atoms with Crippen LogP contribution in [-0.2, 0) is 14.3 Å². The van der Waals surface area contributed by atoms with Gasteiger partial charge in [-0.3, -0.25) is 0 Å². The molecule has 8 heteroatoms. The van der Waals surface area contributed by atoms with Crippen molar-refractivity contribution in [3.8, 4) is 0 Å². The molecule has 1 unspecified atom stereocenters. The van der Waals surface area contributed by atoms with Crippen LogP contribution in [0, 0.1) is 0 Å². The molecule has 0 saturated carbocycles. The Morgan fingerprint density at radius 3 is 2.35 bits per heavy atom. The number of aliphatic hydroxyl groups is 3. The number of carbonyl (C=O) groups excluding carboxylic acids is 1. The lowest BCUT2D eigenvalue weighted by Gasteiger charge is -2.29. The molecule has 0 bridgehead atoms. The fraction of sp³-hybridized carbons (Fsp3) is 0.778. The van der Waals surface area contributed by atoms with Gasteiger partial charge in [-0.05, 0) is 6.92 Å². The van der Waals surface area contributed by atoms with Gasteiger partial charge in [-0.25, -0.2) is 4.79 Å². The van der Waals surface area contributed by atoms with E-state index in [1.807, 2.05) is 0 Å². The van der Waals surface area contributed by atoms with E-state index in [1.165, 1.54) is 6.92 Å². The molecule has 0 fully saturated rings. The highest BCUT2D eigenvalue weighted by atomic mass is 16.5. The number of aliphatic hydroxyl groups excluding tert-OH is 3. The van der Waals surface area contributed by atoms with Crippen LogP contribution in [0.25, 0.3) is 0 Å². The van der Waals surface area contributed by atoms with Crippen molar-refractivity contribution in [3.63, 3.8) is 0 Å². The van der Waals surface area contributed by atoms with Gasteiger partial charge in [0.1, 0.15) is 24.6 Å². The Morgan fingerprint density at radius 2 is 2.00 bits per heavy atom. The van der Waals surface area contributed by atoms with Crippen molar-refractivity contribution in [1.82, 2.24) is 0 Å². The number of rotatable bonds is 8. The predicted octanol–water partition coefficient (Wildman–Crippen LogP) is -2.91. The SMILES string of the molecule is CC(O[C@H]([C@@H](O)[C@@H](O)CO)[C@H](N)C=O)C(=O)O. The summed E-state index contributed by atoms with van der Waals surface area (Å²) in [4.78, 5) is 21.1. The number of nitrogens with two attached hydrogens (primary N) is 1. The number of carboxylic acids is 1. The van der Waals surface area contributed by atoms with Crippen molar-refractivity contribution in [2.24, 2.45) is 5.73 Å². The summed E-state index contributed by atoms with van der Waals surface area (Å²) in [6, 6.07) is -1.31. The van der Waals surface area contributed by atoms with Crippen molar-refractivity contribution in [1.29, 1.82) is 0 Å². The molecular weight excluding hydrogens is 234 g/mol. The van der Waals surface area contributed by atoms with Gasteiger partial charge in [0.25, 0.3) is 0 Å². The summed E-state index contributed by atoms with van der Waals surface area (Å²) in [6.45, 7) is 0.416. The molecule has 0 aromatic heterocycles. The average Bonchev–Trinajstić information content (AvgIpc) is 2.32. The van der Waals surface area contributed by atoms with Crippen LogP contribution in [0.5, 0.6) is 0 Å². The van der Waals surface area contributed by atoms with E-state index >= 15 is 0 Å². The third-order valence-electron chi connectivity index (χ3n) is 2.16. The molecule has 8 nitrogen and oxygen atoms in total. The van der Waals surface area contributed by atoms with Gasteiger partial charge in [0.05, 0.1) is 12.6 Å². The number of aldehydes is 1. The maximum absolute atomic E-state index is 10.6. The molecule has 0 saturated heterocycles. The van der Waals surface area contributed by atoms with Crippen LogP contribution in [0.4, 0.5) is 0 Å². The number of aliphatic carboxylic acids is 1. The van der Waals surface area contributed by atoms with Crippen LogP contribution in [0.1, 0.15) is 6.92 Å². The summed E-state index contributed by atoms with van der Waals surface area (Å²) in [6.07, 6.45) is -5.71. The fourth-order valence-electron chi connectivity index (χ4n) is 1.10. The Balaban J connectivity index is 4.75. The zero-order chi connectivity index (χ0) is 13.6. The van der Waals surface area contributed by atoms with Gasteiger partial charge in [-0.1, -0.05) is 0 Å². The van der Waals surface area contributed by atoms with Crippen molar-refractivity contribution >= 4 is 12.3 Å². The first-order chi connectivity index (χ1) is 7.84. The van der Waals surface area contributed by atoms with Gasteiger partial charge in [-0.15, -0.1) is 0 Å². The van der Waals surface area contributed by atoms with Crippen molar-refractivity contribution < 1.29 is 34.8 Å². The predicted molar refractivity (Wildman–Crippen MR) is 55.1 cm³/mol. The monoisotopic (exact) mass is 251 g/mol. The van der Waals surface area contributed by atoms with E-state index < -0.39 is 43.0 Å². The molecule has 0 aliphatic rings. The summed E-state index contributed by atoms with van der Waals surface area (Å²) in [5, 5.41) is 36.0. The maximum atomic E-state index is 10.6. The fourth-order valence-corrected chi connectivity index (χ4v) is 1.10. The second-order valence-electron chi connectivity index (χ2n) is 3.54. The lowest BCUT2D eigenvalue weighted by Crippen LogP contribution is -2.53. The Bertz CT molecular complexity index is 260. The first kappa shape index (κ1) is 15.9. The molecule has 0 rings (SSSR count). The van der Waals surface area contributed by atoms with E-state index in [-0.39, 0.29) is 6.29 Å². The Labute approximate surface area is 97.6 Å². The highest BCUT2D eigenvalue weighted by molar-refractivity contribution is 5.71. The summed E-state index contributed by atoms with van der Waals surface area (Å²) in [5.41, 5.74) is 5.32. The van der Waals surface area contributed by atoms with Crippen molar-refractivity contribution in [3.05, 3.63) is 0 Å². The van der Waals surface area contributed by atoms with Crippen LogP contribution in [0.15, 0.2) is 0 Å². The molecule has 0 heterocycles. The molecular formula is C9H17NO7. The number of ether oxygens (including phenoxy) is 1. The number of carbonyl (C=O) groups is 2. The standard InChI is InChI=1S/C9H17NO7/c1-4(9(15)16)17-8(5(10)2-11)7(14)6(13)3-12/h2,4-8,12-14H,3,10H2,1H3,(H,15,16)/t4?,5-,6+,7+,8+/m1/s1. The van der Waals surface area contributed by atoms with Crippen LogP contribution >= 0.6 is 0 Å². The van der Waals surface area contributed by atoms with Gasteiger partial charge in [-0.2, -0.15) is 0 Å². The zero-order valence-corrected chi connectivity index (χ0v) is 9.26. The summed E-state index contributed by atoms with van der Waals surface area (Å²) >= 11 is 0. The van der Waals surface area contributed by atoms with E-state index in [0.29, 0.717) is 0 Å². The number of hydrogen-bond acceptors (Lipinski definition) is 7. The molecule has 0 aliphatic carbocycles. The van der Waals surface area contributed by atoms with Crippen molar-refractivity contribution in [2.75, 3.05) is 6.61 Å². The van der Waals surface area contributed by atoms with Crippen LogP contribution < -0.4 is 5.73 Å². The summed E-state index contributed by atoms with van der Waals surface area (Å²) < 4.78 is 4.87. The Morgan fingerprint density at radius 1 is 1.47 bits per heavy atom. The molecule has 0 aliphatic heterocycles. The zero-order valence-electron chi connectivity index (χ0n) is 9.26. The minimum absolute atomic E-state index is 0.256. The second kappa shape index (κ2) is 7.30. The number of hydrogen-bond donors (Lipinski definition) is 5. The Hall–Kier alpha value is -1.06. The Kier molecular flexibility index (Phi) is 6.85. The molecule has 0 aromatic carbocycles. The minimum Gasteiger partial charge on any atom is -0.479 e. The molecule has 5 atom stereocenters. The van der Waals surface area contributed by atoms with Crippen LogP contribution in [0.3, 0.4) is 0 Å². The smallest absolute Gasteiger partial charge is 0.332 e. The van der Waals surface area contributed by atoms with Crippen LogP contribution in [-0.4, -0.2) is 69.7 Å². The maximum Gasteiger partial charge on any atom is 0.332 e. The van der Waals surface area contributed by atoms with E-state index in [4.69, 9.17) is 20.7 Å². The normalized spacial score (nSPS) is 20.1. The van der Waals surface area contributed by atoms with E-state index in [1.54, 1.807) is 0 Å².